The Balaban J connectivity index is 2.40. The van der Waals surface area contributed by atoms with E-state index in [1.54, 1.807) is 0 Å². The van der Waals surface area contributed by atoms with Gasteiger partial charge in [0.15, 0.2) is 0 Å². The van der Waals surface area contributed by atoms with E-state index in [0.717, 1.165) is 0 Å². The van der Waals surface area contributed by atoms with Crippen LogP contribution in [0.25, 0.3) is 0 Å². The van der Waals surface area contributed by atoms with Gasteiger partial charge in [-0.1, -0.05) is 0 Å². The molecule has 2 N–H and O–H groups in total. The van der Waals surface area contributed by atoms with Crippen molar-refractivity contribution in [2.24, 2.45) is 10.4 Å². The molecule has 0 aliphatic rings. The third-order valence-electron chi connectivity index (χ3n) is 0.741. The summed E-state index contributed by atoms with van der Waals surface area (Å²) in [7, 11) is 0. The molecule has 1 heterocycles. The van der Waals surface area contributed by atoms with Gasteiger partial charge < -0.3 is 9.94 Å². The van der Waals surface area contributed by atoms with Crippen molar-refractivity contribution in [3.05, 3.63) is 12.3 Å². The number of rotatable bonds is 2. The Kier molecular flexibility index (Phi) is 2.16. The van der Waals surface area contributed by atoms with Gasteiger partial charge in [-0.05, 0) is 5.11 Å². The molecule has 0 saturated heterocycles. The van der Waals surface area contributed by atoms with E-state index in [1.807, 2.05) is 0 Å². The summed E-state index contributed by atoms with van der Waals surface area (Å²) in [4.78, 5) is 14.2. The number of carboxylic acid groups (broad SMARTS) is 1. The number of hydrogen-bond donors (Lipinski definition) is 2. The van der Waals surface area contributed by atoms with E-state index in [2.05, 4.69) is 25.4 Å². The molecule has 11 heavy (non-hydrogen) atoms. The van der Waals surface area contributed by atoms with Gasteiger partial charge in [-0.15, -0.1) is 0 Å². The Morgan fingerprint density at radius 3 is 3.18 bits per heavy atom. The number of aromatic nitrogens is 2. The minimum atomic E-state index is -1.41. The molecule has 0 aliphatic heterocycles. The van der Waals surface area contributed by atoms with E-state index >= 15 is 0 Å². The van der Waals surface area contributed by atoms with Crippen LogP contribution in [0.2, 0.25) is 0 Å². The summed E-state index contributed by atoms with van der Waals surface area (Å²) in [6.45, 7) is 0. The lowest BCUT2D eigenvalue weighted by Gasteiger charge is -1.86. The quantitative estimate of drug-likeness (QED) is 0.489. The Morgan fingerprint density at radius 2 is 2.64 bits per heavy atom. The van der Waals surface area contributed by atoms with Crippen LogP contribution in [0.15, 0.2) is 22.7 Å². The van der Waals surface area contributed by atoms with Crippen LogP contribution < -0.4 is 4.84 Å². The Morgan fingerprint density at radius 1 is 1.82 bits per heavy atom. The largest absolute Gasteiger partial charge is 0.462 e. The van der Waals surface area contributed by atoms with Gasteiger partial charge in [-0.25, -0.2) is 9.89 Å². The lowest BCUT2D eigenvalue weighted by atomic mass is 10.7. The molecular weight excluding hydrogens is 152 g/mol. The molecule has 7 nitrogen and oxygen atoms in total. The van der Waals surface area contributed by atoms with E-state index in [0.29, 0.717) is 0 Å². The molecule has 0 unspecified atom stereocenters. The molecule has 1 aromatic heterocycles. The number of H-pyrrole nitrogens is 1. The van der Waals surface area contributed by atoms with Crippen LogP contribution in [0.4, 0.5) is 4.79 Å². The first-order chi connectivity index (χ1) is 5.29. The highest BCUT2D eigenvalue weighted by atomic mass is 16.7. The molecule has 0 radical (unpaired) electrons. The molecule has 0 bridgehead atoms. The summed E-state index contributed by atoms with van der Waals surface area (Å²) in [5, 5.41) is 19.4. The first kappa shape index (κ1) is 7.19. The van der Waals surface area contributed by atoms with Crippen LogP contribution in [0.5, 0.6) is 5.88 Å². The van der Waals surface area contributed by atoms with Gasteiger partial charge in [0.25, 0.3) is 0 Å². The second kappa shape index (κ2) is 3.30. The van der Waals surface area contributed by atoms with Crippen LogP contribution >= 0.6 is 0 Å². The normalized spacial score (nSPS) is 10.2. The van der Waals surface area contributed by atoms with E-state index < -0.39 is 6.09 Å². The fourth-order valence-corrected chi connectivity index (χ4v) is 0.393. The molecule has 0 fully saturated rings. The smallest absolute Gasteiger partial charge is 0.452 e. The second-order valence-electron chi connectivity index (χ2n) is 1.48. The molecule has 1 rings (SSSR count). The number of hydrogen-bond acceptors (Lipinski definition) is 4. The molecule has 1 aromatic rings. The van der Waals surface area contributed by atoms with Crippen LogP contribution in [-0.4, -0.2) is 21.4 Å². The van der Waals surface area contributed by atoms with E-state index in [1.165, 1.54) is 12.3 Å². The Bertz CT molecular complexity index is 254. The first-order valence-corrected chi connectivity index (χ1v) is 2.59. The van der Waals surface area contributed by atoms with Gasteiger partial charge in [-0.3, -0.25) is 0 Å². The number of aromatic amines is 1. The van der Waals surface area contributed by atoms with Gasteiger partial charge in [0.1, 0.15) is 0 Å². The molecule has 0 atom stereocenters. The topological polar surface area (TPSA) is 99.9 Å². The highest BCUT2D eigenvalue weighted by molar-refractivity contribution is 5.64. The molecule has 1 amide bonds. The first-order valence-electron chi connectivity index (χ1n) is 2.59. The maximum absolute atomic E-state index is 9.76. The standard InChI is InChI=1S/C4H4N4O3/c9-4(10)7-8-11-3-1-2-5-6-3/h1-2H,(H,5,6)(H,9,10)/b8-7+. The van der Waals surface area contributed by atoms with Crippen molar-refractivity contribution >= 4 is 6.09 Å². The molecule has 0 spiro atoms. The average molecular weight is 156 g/mol. The van der Waals surface area contributed by atoms with Crippen molar-refractivity contribution in [2.75, 3.05) is 0 Å². The third-order valence-corrected chi connectivity index (χ3v) is 0.741. The van der Waals surface area contributed by atoms with E-state index in [-0.39, 0.29) is 5.88 Å². The predicted molar refractivity (Wildman–Crippen MR) is 32.1 cm³/mol. The fraction of sp³-hybridized carbons (Fsp3) is 0. The molecule has 0 saturated carbocycles. The Labute approximate surface area is 60.7 Å². The van der Waals surface area contributed by atoms with E-state index in [4.69, 9.17) is 5.11 Å². The average Bonchev–Trinajstić information content (AvgIpc) is 2.39. The molecular formula is C4H4N4O3. The third kappa shape index (κ3) is 2.43. The number of amides is 1. The fourth-order valence-electron chi connectivity index (χ4n) is 0.393. The van der Waals surface area contributed by atoms with Crippen molar-refractivity contribution in [1.82, 2.24) is 10.2 Å². The number of nitrogens with zero attached hydrogens (tertiary/aromatic N) is 3. The Hall–Kier alpha value is -1.92. The van der Waals surface area contributed by atoms with Crippen molar-refractivity contribution in [1.29, 1.82) is 0 Å². The van der Waals surface area contributed by atoms with Gasteiger partial charge >= 0.3 is 6.09 Å². The summed E-state index contributed by atoms with van der Waals surface area (Å²) in [6.07, 6.45) is 0.0236. The monoisotopic (exact) mass is 156 g/mol. The molecule has 0 aromatic carbocycles. The zero-order valence-electron chi connectivity index (χ0n) is 5.26. The lowest BCUT2D eigenvalue weighted by molar-refractivity contribution is 0.196. The predicted octanol–water partition coefficient (Wildman–Crippen LogP) is 0.834. The van der Waals surface area contributed by atoms with Gasteiger partial charge in [-0.2, -0.15) is 5.10 Å². The van der Waals surface area contributed by atoms with Gasteiger partial charge in [0.05, 0.1) is 6.20 Å². The van der Waals surface area contributed by atoms with Crippen LogP contribution in [0.1, 0.15) is 0 Å². The van der Waals surface area contributed by atoms with Crippen LogP contribution in [0.3, 0.4) is 0 Å². The lowest BCUT2D eigenvalue weighted by Crippen LogP contribution is -1.86. The summed E-state index contributed by atoms with van der Waals surface area (Å²) in [5.41, 5.74) is 0. The highest BCUT2D eigenvalue weighted by Crippen LogP contribution is 2.01. The van der Waals surface area contributed by atoms with Gasteiger partial charge in [0.2, 0.25) is 5.88 Å². The minimum absolute atomic E-state index is 0.231. The number of carbonyl (C=O) groups is 1. The highest BCUT2D eigenvalue weighted by Gasteiger charge is 1.92. The zero-order chi connectivity index (χ0) is 8.10. The molecule has 0 aliphatic carbocycles. The SMILES string of the molecule is O=C(O)/N=N/Oc1ccn[nH]1. The summed E-state index contributed by atoms with van der Waals surface area (Å²) in [5.74, 6) is 0.231. The maximum atomic E-state index is 9.76. The summed E-state index contributed by atoms with van der Waals surface area (Å²) in [6, 6.07) is 1.47. The minimum Gasteiger partial charge on any atom is -0.462 e. The number of nitrogens with one attached hydrogen (secondary N) is 1. The van der Waals surface area contributed by atoms with E-state index in [9.17, 15) is 4.79 Å². The molecule has 58 valence electrons. The van der Waals surface area contributed by atoms with Crippen molar-refractivity contribution < 1.29 is 14.7 Å². The van der Waals surface area contributed by atoms with Crippen LogP contribution in [0, 0.1) is 0 Å². The van der Waals surface area contributed by atoms with Gasteiger partial charge in [0, 0.05) is 11.3 Å². The maximum Gasteiger partial charge on any atom is 0.452 e. The molecule has 7 heteroatoms. The zero-order valence-corrected chi connectivity index (χ0v) is 5.26. The van der Waals surface area contributed by atoms with Crippen molar-refractivity contribution in [3.8, 4) is 5.88 Å². The van der Waals surface area contributed by atoms with Crippen LogP contribution in [-0.2, 0) is 0 Å². The summed E-state index contributed by atoms with van der Waals surface area (Å²) >= 11 is 0. The second-order valence-corrected chi connectivity index (χ2v) is 1.48. The van der Waals surface area contributed by atoms with Crippen molar-refractivity contribution in [2.45, 2.75) is 0 Å². The van der Waals surface area contributed by atoms with Crippen molar-refractivity contribution in [3.63, 3.8) is 0 Å². The summed E-state index contributed by atoms with van der Waals surface area (Å²) < 4.78 is 0.